The second-order valence-electron chi connectivity index (χ2n) is 12.7. The molecular formula is C30H47NOSi. The number of fused-ring (bicyclic) bond motifs is 1. The molecule has 7 unspecified atom stereocenters. The van der Waals surface area contributed by atoms with Crippen LogP contribution in [0.4, 0.5) is 0 Å². The van der Waals surface area contributed by atoms with Crippen LogP contribution in [0.2, 0.25) is 10.6 Å². The van der Waals surface area contributed by atoms with Crippen LogP contribution in [-0.4, -0.2) is 19.5 Å². The molecule has 1 amide bonds. The Bertz CT molecular complexity index is 949. The van der Waals surface area contributed by atoms with Gasteiger partial charge in [-0.2, -0.15) is 0 Å². The Labute approximate surface area is 203 Å². The van der Waals surface area contributed by atoms with Crippen LogP contribution in [0.5, 0.6) is 0 Å². The third kappa shape index (κ3) is 2.25. The lowest BCUT2D eigenvalue weighted by Gasteiger charge is -2.42. The average molecular weight is 466 g/mol. The van der Waals surface area contributed by atoms with Gasteiger partial charge >= 0.3 is 0 Å². The van der Waals surface area contributed by atoms with Crippen molar-refractivity contribution in [3.05, 3.63) is 11.1 Å². The number of rotatable bonds is 15. The normalized spacial score (nSPS) is 44.7. The molecule has 7 atom stereocenters. The van der Waals surface area contributed by atoms with Crippen molar-refractivity contribution in [3.8, 4) is 0 Å². The summed E-state index contributed by atoms with van der Waals surface area (Å²) in [4.78, 5) is 12.3. The van der Waals surface area contributed by atoms with Gasteiger partial charge in [0.2, 0.25) is 5.91 Å². The molecule has 182 valence electrons. The van der Waals surface area contributed by atoms with E-state index in [4.69, 9.17) is 5.73 Å². The number of hydrogen-bond acceptors (Lipinski definition) is 1. The first kappa shape index (κ1) is 22.7. The number of unbranched alkanes of at least 4 members (excludes halogenated alkanes) is 8. The van der Waals surface area contributed by atoms with Gasteiger partial charge in [-0.1, -0.05) is 89.8 Å². The van der Waals surface area contributed by atoms with Gasteiger partial charge in [0.15, 0.2) is 0 Å². The smallest absolute Gasteiger partial charge is 0.224 e. The van der Waals surface area contributed by atoms with Crippen LogP contribution < -0.4 is 5.73 Å². The minimum Gasteiger partial charge on any atom is -0.369 e. The van der Waals surface area contributed by atoms with Crippen molar-refractivity contribution in [2.75, 3.05) is 0 Å². The van der Waals surface area contributed by atoms with Gasteiger partial charge < -0.3 is 5.73 Å². The molecule has 6 fully saturated rings. The molecular weight excluding hydrogens is 418 g/mol. The lowest BCUT2D eigenvalue weighted by molar-refractivity contribution is -0.128. The lowest BCUT2D eigenvalue weighted by Crippen LogP contribution is -2.45. The highest BCUT2D eigenvalue weighted by atomic mass is 28.2. The monoisotopic (exact) mass is 465 g/mol. The highest BCUT2D eigenvalue weighted by Crippen LogP contribution is 3.36. The standard InChI is InChI=1S/C30H47NOSi/c1-5-8-10-12-13-15-16-21-20(4)33(23(7-3)22(21)17-14-11-9-6-2)28-19-18-27(26(31)32)24-29(27)25(28)30(24,28)29/h20,24-25H,5-19H2,1-4H3,(H2,31,32). The Morgan fingerprint density at radius 1 is 0.879 bits per heavy atom. The van der Waals surface area contributed by atoms with E-state index in [1.165, 1.54) is 89.9 Å². The fourth-order valence-electron chi connectivity index (χ4n) is 11.0. The van der Waals surface area contributed by atoms with Gasteiger partial charge in [-0.3, -0.25) is 4.79 Å². The first-order valence-electron chi connectivity index (χ1n) is 14.8. The number of amides is 1. The van der Waals surface area contributed by atoms with Crippen LogP contribution in [0, 0.1) is 28.1 Å². The van der Waals surface area contributed by atoms with Gasteiger partial charge in [0.25, 0.3) is 0 Å². The Morgan fingerprint density at radius 2 is 1.52 bits per heavy atom. The first-order chi connectivity index (χ1) is 16.0. The van der Waals surface area contributed by atoms with Crippen LogP contribution in [-0.2, 0) is 4.79 Å². The third-order valence-corrected chi connectivity index (χ3v) is 16.4. The van der Waals surface area contributed by atoms with Gasteiger partial charge in [-0.05, 0) is 78.3 Å². The van der Waals surface area contributed by atoms with E-state index in [1.54, 1.807) is 0 Å². The van der Waals surface area contributed by atoms with Gasteiger partial charge in [0.05, 0.1) is 5.41 Å². The molecule has 1 aliphatic heterocycles. The average Bonchev–Trinajstić information content (AvgIpc) is 3.72. The van der Waals surface area contributed by atoms with E-state index in [2.05, 4.69) is 27.7 Å². The second kappa shape index (κ2) is 7.40. The van der Waals surface area contributed by atoms with Crippen LogP contribution in [0.15, 0.2) is 11.1 Å². The zero-order chi connectivity index (χ0) is 23.2. The molecule has 7 aliphatic rings. The minimum absolute atomic E-state index is 0.00616. The summed E-state index contributed by atoms with van der Waals surface area (Å²) in [6, 6.07) is 0. The Hall–Kier alpha value is -0.703. The SMILES string of the molecule is CCCCCCCCC1=C(CCCCCC)C(CC)=[Si](C23CCC4(C(N)=O)C5C46C2C536)C1C. The largest absolute Gasteiger partial charge is 0.369 e. The van der Waals surface area contributed by atoms with Gasteiger partial charge in [-0.15, -0.1) is 0 Å². The van der Waals surface area contributed by atoms with E-state index in [0.717, 1.165) is 23.8 Å². The van der Waals surface area contributed by atoms with Gasteiger partial charge in [-0.25, -0.2) is 0 Å². The topological polar surface area (TPSA) is 43.1 Å². The second-order valence-corrected chi connectivity index (χ2v) is 15.9. The van der Waals surface area contributed by atoms with Crippen molar-refractivity contribution in [1.82, 2.24) is 0 Å². The van der Waals surface area contributed by atoms with E-state index in [1.807, 2.05) is 16.3 Å². The molecule has 2 N–H and O–H groups in total. The van der Waals surface area contributed by atoms with Crippen molar-refractivity contribution in [2.45, 2.75) is 135 Å². The molecule has 0 saturated heterocycles. The molecule has 33 heavy (non-hydrogen) atoms. The summed E-state index contributed by atoms with van der Waals surface area (Å²) in [5.74, 6) is 1.73. The highest BCUT2D eigenvalue weighted by Gasteiger charge is 3.34. The maximum absolute atomic E-state index is 12.3. The molecule has 0 radical (unpaired) electrons. The molecule has 0 aromatic heterocycles. The van der Waals surface area contributed by atoms with Gasteiger partial charge in [0.1, 0.15) is 0 Å². The molecule has 3 heteroatoms. The predicted molar refractivity (Wildman–Crippen MR) is 140 cm³/mol. The Balaban J connectivity index is 1.21. The molecule has 2 nitrogen and oxygen atoms in total. The number of carbonyl (C=O) groups excluding carboxylic acids is 1. The zero-order valence-electron chi connectivity index (χ0n) is 21.8. The fourth-order valence-corrected chi connectivity index (χ4v) is 16.5. The van der Waals surface area contributed by atoms with E-state index in [-0.39, 0.29) is 11.3 Å². The van der Waals surface area contributed by atoms with Crippen LogP contribution in [0.25, 0.3) is 0 Å². The summed E-state index contributed by atoms with van der Waals surface area (Å²) in [6.45, 7) is 9.76. The quantitative estimate of drug-likeness (QED) is 0.200. The number of allylic oxidation sites excluding steroid dienone is 2. The molecule has 1 heterocycles. The van der Waals surface area contributed by atoms with Crippen molar-refractivity contribution >= 4 is 19.5 Å². The summed E-state index contributed by atoms with van der Waals surface area (Å²) in [6.07, 6.45) is 20.5. The predicted octanol–water partition coefficient (Wildman–Crippen LogP) is 7.33. The first-order valence-corrected chi connectivity index (χ1v) is 16.3. The highest BCUT2D eigenvalue weighted by molar-refractivity contribution is 6.81. The number of hydrogen-bond donors (Lipinski definition) is 1. The van der Waals surface area contributed by atoms with E-state index in [0.29, 0.717) is 15.9 Å². The molecule has 0 aromatic carbocycles. The van der Waals surface area contributed by atoms with Crippen molar-refractivity contribution in [2.24, 2.45) is 33.8 Å². The summed E-state index contributed by atoms with van der Waals surface area (Å²) in [5, 5.41) is 2.65. The van der Waals surface area contributed by atoms with Crippen LogP contribution in [0.3, 0.4) is 0 Å². The molecule has 7 rings (SSSR count). The molecule has 6 aliphatic carbocycles. The van der Waals surface area contributed by atoms with Crippen molar-refractivity contribution in [1.29, 1.82) is 0 Å². The van der Waals surface area contributed by atoms with Crippen molar-refractivity contribution < 1.29 is 4.79 Å². The minimum atomic E-state index is -0.530. The fraction of sp³-hybridized carbons (Fsp3) is 0.867. The van der Waals surface area contributed by atoms with Crippen LogP contribution >= 0.6 is 0 Å². The lowest BCUT2D eigenvalue weighted by atomic mass is 9.72. The summed E-state index contributed by atoms with van der Waals surface area (Å²) >= 11 is 0. The molecule has 6 saturated carbocycles. The summed E-state index contributed by atoms with van der Waals surface area (Å²) in [5.41, 5.74) is 11.7. The zero-order valence-corrected chi connectivity index (χ0v) is 22.8. The van der Waals surface area contributed by atoms with Gasteiger partial charge in [0, 0.05) is 13.8 Å². The maximum atomic E-state index is 12.3. The number of nitrogens with two attached hydrogens (primary N) is 1. The Kier molecular flexibility index (Phi) is 5.10. The molecule has 2 spiro atoms. The number of carbonyl (C=O) groups is 1. The third-order valence-electron chi connectivity index (χ3n) is 11.9. The molecule has 0 aromatic rings. The maximum Gasteiger partial charge on any atom is 0.224 e. The van der Waals surface area contributed by atoms with E-state index >= 15 is 0 Å². The van der Waals surface area contributed by atoms with E-state index < -0.39 is 8.41 Å². The molecule has 2 bridgehead atoms. The van der Waals surface area contributed by atoms with Crippen LogP contribution in [0.1, 0.15) is 124 Å². The number of primary amides is 1. The van der Waals surface area contributed by atoms with Crippen molar-refractivity contribution in [3.63, 3.8) is 0 Å². The Morgan fingerprint density at radius 3 is 2.12 bits per heavy atom. The summed E-state index contributed by atoms with van der Waals surface area (Å²) < 4.78 is 0. The van der Waals surface area contributed by atoms with E-state index in [9.17, 15) is 4.79 Å². The summed E-state index contributed by atoms with van der Waals surface area (Å²) in [7, 11) is -0.530.